The van der Waals surface area contributed by atoms with Crippen molar-refractivity contribution in [2.45, 2.75) is 26.3 Å². The molecule has 1 fully saturated rings. The molecule has 0 aromatic carbocycles. The first kappa shape index (κ1) is 12.0. The van der Waals surface area contributed by atoms with E-state index in [0.717, 1.165) is 19.7 Å². The molecule has 1 saturated heterocycles. The van der Waals surface area contributed by atoms with Crippen molar-refractivity contribution in [2.24, 2.45) is 5.41 Å². The van der Waals surface area contributed by atoms with Crippen LogP contribution < -0.4 is 5.32 Å². The van der Waals surface area contributed by atoms with Gasteiger partial charge in [0.05, 0.1) is 6.61 Å². The van der Waals surface area contributed by atoms with Crippen molar-refractivity contribution in [1.82, 2.24) is 10.2 Å². The van der Waals surface area contributed by atoms with Crippen LogP contribution in [0, 0.1) is 5.41 Å². The normalized spacial score (nSPS) is 27.9. The van der Waals surface area contributed by atoms with Crippen molar-refractivity contribution in [3.63, 3.8) is 0 Å². The maximum atomic E-state index is 5.10. The number of hydrogen-bond acceptors (Lipinski definition) is 3. The molecule has 0 bridgehead atoms. The Morgan fingerprint density at radius 2 is 2.21 bits per heavy atom. The second kappa shape index (κ2) is 5.10. The first-order chi connectivity index (χ1) is 6.60. The van der Waals surface area contributed by atoms with Crippen LogP contribution in [0.15, 0.2) is 0 Å². The summed E-state index contributed by atoms with van der Waals surface area (Å²) in [5, 5.41) is 3.42. The Hall–Kier alpha value is -0.120. The molecule has 0 aromatic heterocycles. The summed E-state index contributed by atoms with van der Waals surface area (Å²) in [7, 11) is 3.83. The summed E-state index contributed by atoms with van der Waals surface area (Å²) >= 11 is 0. The monoisotopic (exact) mass is 200 g/mol. The molecule has 1 atom stereocenters. The second-order valence-corrected chi connectivity index (χ2v) is 4.87. The first-order valence-corrected chi connectivity index (χ1v) is 5.48. The fourth-order valence-electron chi connectivity index (χ4n) is 2.12. The minimum Gasteiger partial charge on any atom is -0.383 e. The third kappa shape index (κ3) is 2.94. The zero-order valence-corrected chi connectivity index (χ0v) is 9.97. The molecule has 1 unspecified atom stereocenters. The molecule has 1 heterocycles. The van der Waals surface area contributed by atoms with Crippen molar-refractivity contribution in [2.75, 3.05) is 40.4 Å². The molecule has 0 spiro atoms. The lowest BCUT2D eigenvalue weighted by Crippen LogP contribution is -2.54. The van der Waals surface area contributed by atoms with Gasteiger partial charge in [0.2, 0.25) is 0 Å². The highest BCUT2D eigenvalue weighted by Gasteiger charge is 2.33. The minimum atomic E-state index is 0.429. The smallest absolute Gasteiger partial charge is 0.0589 e. The molecule has 1 aliphatic heterocycles. The quantitative estimate of drug-likeness (QED) is 0.731. The molecule has 0 aliphatic carbocycles. The highest BCUT2D eigenvalue weighted by atomic mass is 16.5. The topological polar surface area (TPSA) is 24.5 Å². The number of ether oxygens (including phenoxy) is 1. The number of likely N-dealkylation sites (N-methyl/N-ethyl adjacent to an activating group) is 1. The van der Waals surface area contributed by atoms with Crippen molar-refractivity contribution in [3.8, 4) is 0 Å². The number of piperidine rings is 1. The maximum absolute atomic E-state index is 5.10. The fraction of sp³-hybridized carbons (Fsp3) is 1.00. The standard InChI is InChI=1S/C11H24N2O/c1-11(2)5-6-13(7-8-14-4)9-10(11)12-3/h10,12H,5-9H2,1-4H3. The summed E-state index contributed by atoms with van der Waals surface area (Å²) < 4.78 is 5.10. The molecule has 3 nitrogen and oxygen atoms in total. The van der Waals surface area contributed by atoms with Crippen LogP contribution in [-0.2, 0) is 4.74 Å². The Morgan fingerprint density at radius 1 is 1.50 bits per heavy atom. The minimum absolute atomic E-state index is 0.429. The van der Waals surface area contributed by atoms with Crippen LogP contribution in [0.3, 0.4) is 0 Å². The Labute approximate surface area is 87.8 Å². The Bertz CT molecular complexity index is 171. The molecule has 3 heteroatoms. The van der Waals surface area contributed by atoms with E-state index >= 15 is 0 Å². The predicted octanol–water partition coefficient (Wildman–Crippen LogP) is 0.953. The van der Waals surface area contributed by atoms with Gasteiger partial charge in [0.15, 0.2) is 0 Å². The van der Waals surface area contributed by atoms with Crippen LogP contribution in [0.2, 0.25) is 0 Å². The number of nitrogens with one attached hydrogen (secondary N) is 1. The van der Waals surface area contributed by atoms with Crippen LogP contribution >= 0.6 is 0 Å². The van der Waals surface area contributed by atoms with Crippen molar-refractivity contribution in [3.05, 3.63) is 0 Å². The highest BCUT2D eigenvalue weighted by molar-refractivity contribution is 4.90. The van der Waals surface area contributed by atoms with Crippen LogP contribution in [0.1, 0.15) is 20.3 Å². The average molecular weight is 200 g/mol. The summed E-state index contributed by atoms with van der Waals surface area (Å²) in [6.45, 7) is 8.95. The molecule has 1 rings (SSSR count). The number of nitrogens with zero attached hydrogens (tertiary/aromatic N) is 1. The molecule has 1 N–H and O–H groups in total. The van der Waals surface area contributed by atoms with Crippen LogP contribution in [-0.4, -0.2) is 51.3 Å². The second-order valence-electron chi connectivity index (χ2n) is 4.87. The number of likely N-dealkylation sites (tertiary alicyclic amines) is 1. The van der Waals surface area contributed by atoms with E-state index in [1.807, 2.05) is 0 Å². The Morgan fingerprint density at radius 3 is 2.79 bits per heavy atom. The van der Waals surface area contributed by atoms with E-state index < -0.39 is 0 Å². The summed E-state index contributed by atoms with van der Waals surface area (Å²) in [6.07, 6.45) is 1.27. The highest BCUT2D eigenvalue weighted by Crippen LogP contribution is 2.29. The zero-order valence-electron chi connectivity index (χ0n) is 9.97. The molecular weight excluding hydrogens is 176 g/mol. The van der Waals surface area contributed by atoms with Gasteiger partial charge in [-0.3, -0.25) is 4.90 Å². The molecule has 0 aromatic rings. The van der Waals surface area contributed by atoms with E-state index in [4.69, 9.17) is 4.74 Å². The van der Waals surface area contributed by atoms with Gasteiger partial charge in [-0.05, 0) is 25.4 Å². The lowest BCUT2D eigenvalue weighted by Gasteiger charge is -2.43. The van der Waals surface area contributed by atoms with Crippen LogP contribution in [0.4, 0.5) is 0 Å². The van der Waals surface area contributed by atoms with Gasteiger partial charge >= 0.3 is 0 Å². The SMILES string of the molecule is CNC1CN(CCOC)CCC1(C)C. The molecule has 0 saturated carbocycles. The number of methoxy groups -OCH3 is 1. The lowest BCUT2D eigenvalue weighted by molar-refractivity contribution is 0.0672. The van der Waals surface area contributed by atoms with Gasteiger partial charge in [0, 0.05) is 26.2 Å². The Kier molecular flexibility index (Phi) is 4.35. The molecule has 14 heavy (non-hydrogen) atoms. The van der Waals surface area contributed by atoms with E-state index in [1.165, 1.54) is 13.0 Å². The van der Waals surface area contributed by atoms with Gasteiger partial charge in [-0.2, -0.15) is 0 Å². The third-order valence-electron chi connectivity index (χ3n) is 3.42. The van der Waals surface area contributed by atoms with Gasteiger partial charge in [-0.15, -0.1) is 0 Å². The molecular formula is C11H24N2O. The van der Waals surface area contributed by atoms with Gasteiger partial charge in [0.25, 0.3) is 0 Å². The summed E-state index contributed by atoms with van der Waals surface area (Å²) in [5.74, 6) is 0. The summed E-state index contributed by atoms with van der Waals surface area (Å²) in [5.41, 5.74) is 0.429. The predicted molar refractivity (Wildman–Crippen MR) is 59.6 cm³/mol. The largest absolute Gasteiger partial charge is 0.383 e. The molecule has 0 amide bonds. The van der Waals surface area contributed by atoms with Crippen LogP contribution in [0.5, 0.6) is 0 Å². The average Bonchev–Trinajstić information content (AvgIpc) is 2.16. The van der Waals surface area contributed by atoms with E-state index in [2.05, 4.69) is 31.1 Å². The summed E-state index contributed by atoms with van der Waals surface area (Å²) in [6, 6.07) is 0.605. The fourth-order valence-corrected chi connectivity index (χ4v) is 2.12. The van der Waals surface area contributed by atoms with Gasteiger partial charge in [0.1, 0.15) is 0 Å². The van der Waals surface area contributed by atoms with E-state index in [1.54, 1.807) is 7.11 Å². The molecule has 1 aliphatic rings. The zero-order chi connectivity index (χ0) is 10.6. The summed E-state index contributed by atoms with van der Waals surface area (Å²) in [4.78, 5) is 2.48. The van der Waals surface area contributed by atoms with E-state index in [9.17, 15) is 0 Å². The third-order valence-corrected chi connectivity index (χ3v) is 3.42. The van der Waals surface area contributed by atoms with Gasteiger partial charge < -0.3 is 10.1 Å². The van der Waals surface area contributed by atoms with Crippen molar-refractivity contribution in [1.29, 1.82) is 0 Å². The van der Waals surface area contributed by atoms with E-state index in [-0.39, 0.29) is 0 Å². The van der Waals surface area contributed by atoms with Crippen LogP contribution in [0.25, 0.3) is 0 Å². The Balaban J connectivity index is 2.40. The van der Waals surface area contributed by atoms with Gasteiger partial charge in [-0.25, -0.2) is 0 Å². The van der Waals surface area contributed by atoms with Crippen molar-refractivity contribution >= 4 is 0 Å². The van der Waals surface area contributed by atoms with E-state index in [0.29, 0.717) is 11.5 Å². The molecule has 84 valence electrons. The number of rotatable bonds is 4. The van der Waals surface area contributed by atoms with Crippen molar-refractivity contribution < 1.29 is 4.74 Å². The van der Waals surface area contributed by atoms with Gasteiger partial charge in [-0.1, -0.05) is 13.8 Å². The maximum Gasteiger partial charge on any atom is 0.0589 e. The lowest BCUT2D eigenvalue weighted by atomic mass is 9.78. The first-order valence-electron chi connectivity index (χ1n) is 5.48. The number of hydrogen-bond donors (Lipinski definition) is 1. The molecule has 0 radical (unpaired) electrons.